The van der Waals surface area contributed by atoms with E-state index in [4.69, 9.17) is 49.0 Å². The Labute approximate surface area is 153 Å². The van der Waals surface area contributed by atoms with Gasteiger partial charge in [-0.05, 0) is 12.1 Å². The van der Waals surface area contributed by atoms with Gasteiger partial charge in [-0.15, -0.1) is 0 Å². The number of carbonyl (C=O) groups excluding carboxylic acids is 1. The van der Waals surface area contributed by atoms with Gasteiger partial charge in [-0.1, -0.05) is 34.8 Å². The second-order valence-electron chi connectivity index (χ2n) is 4.89. The number of carbonyl (C=O) groups is 1. The van der Waals surface area contributed by atoms with E-state index in [9.17, 15) is 4.79 Å². The minimum Gasteiger partial charge on any atom is -0.486 e. The van der Waals surface area contributed by atoms with Gasteiger partial charge in [0.25, 0.3) is 5.91 Å². The van der Waals surface area contributed by atoms with E-state index < -0.39 is 0 Å². The summed E-state index contributed by atoms with van der Waals surface area (Å²) in [5, 5.41) is 3.78. The molecule has 24 heavy (non-hydrogen) atoms. The van der Waals surface area contributed by atoms with Crippen LogP contribution < -0.4 is 19.5 Å². The van der Waals surface area contributed by atoms with E-state index >= 15 is 0 Å². The number of rotatable bonds is 4. The molecule has 0 unspecified atom stereocenters. The Morgan fingerprint density at radius 3 is 2.42 bits per heavy atom. The summed E-state index contributed by atoms with van der Waals surface area (Å²) in [6.07, 6.45) is 0. The molecule has 0 saturated carbocycles. The first-order valence-corrected chi connectivity index (χ1v) is 8.13. The second kappa shape index (κ2) is 7.38. The van der Waals surface area contributed by atoms with E-state index in [1.54, 1.807) is 24.3 Å². The summed E-state index contributed by atoms with van der Waals surface area (Å²) in [5.41, 5.74) is 0.420. The predicted molar refractivity (Wildman–Crippen MR) is 93.0 cm³/mol. The Balaban J connectivity index is 1.63. The molecule has 1 aliphatic heterocycles. The summed E-state index contributed by atoms with van der Waals surface area (Å²) in [6.45, 7) is 0.706. The summed E-state index contributed by atoms with van der Waals surface area (Å²) in [5.74, 6) is 1.15. The Kier molecular flexibility index (Phi) is 5.23. The molecule has 0 saturated heterocycles. The van der Waals surface area contributed by atoms with E-state index in [1.807, 2.05) is 0 Å². The molecule has 3 rings (SSSR count). The van der Waals surface area contributed by atoms with Crippen molar-refractivity contribution in [3.05, 3.63) is 45.4 Å². The molecule has 0 spiro atoms. The van der Waals surface area contributed by atoms with E-state index in [2.05, 4.69) is 5.32 Å². The molecule has 0 atom stereocenters. The minimum absolute atomic E-state index is 0.206. The van der Waals surface area contributed by atoms with Crippen LogP contribution in [-0.2, 0) is 4.79 Å². The highest BCUT2D eigenvalue weighted by atomic mass is 35.5. The SMILES string of the molecule is O=C(COc1ccc(Cl)c(Cl)c1)Nc1cc2c(cc1Cl)OCCO2. The molecule has 126 valence electrons. The summed E-state index contributed by atoms with van der Waals surface area (Å²) in [6, 6.07) is 7.97. The van der Waals surface area contributed by atoms with Crippen LogP contribution in [0, 0.1) is 0 Å². The molecular weight excluding hydrogens is 377 g/mol. The van der Waals surface area contributed by atoms with Crippen molar-refractivity contribution in [3.63, 3.8) is 0 Å². The van der Waals surface area contributed by atoms with Gasteiger partial charge < -0.3 is 19.5 Å². The van der Waals surface area contributed by atoms with Crippen molar-refractivity contribution in [2.45, 2.75) is 0 Å². The Morgan fingerprint density at radius 2 is 1.71 bits per heavy atom. The molecule has 0 fully saturated rings. The molecule has 0 bridgehead atoms. The molecule has 0 radical (unpaired) electrons. The maximum Gasteiger partial charge on any atom is 0.262 e. The number of fused-ring (bicyclic) bond motifs is 1. The molecule has 0 aliphatic carbocycles. The largest absolute Gasteiger partial charge is 0.486 e. The maximum atomic E-state index is 12.0. The van der Waals surface area contributed by atoms with Gasteiger partial charge in [-0.2, -0.15) is 0 Å². The fraction of sp³-hybridized carbons (Fsp3) is 0.188. The number of hydrogen-bond acceptors (Lipinski definition) is 4. The van der Waals surface area contributed by atoms with Crippen molar-refractivity contribution in [3.8, 4) is 17.2 Å². The van der Waals surface area contributed by atoms with Crippen LogP contribution in [0.4, 0.5) is 5.69 Å². The van der Waals surface area contributed by atoms with Crippen molar-refractivity contribution in [1.82, 2.24) is 0 Å². The number of anilines is 1. The number of amides is 1. The van der Waals surface area contributed by atoms with Crippen molar-refractivity contribution in [1.29, 1.82) is 0 Å². The van der Waals surface area contributed by atoms with Gasteiger partial charge in [-0.3, -0.25) is 4.79 Å². The van der Waals surface area contributed by atoms with Crippen LogP contribution in [-0.4, -0.2) is 25.7 Å². The Bertz CT molecular complexity index is 782. The fourth-order valence-corrected chi connectivity index (χ4v) is 2.55. The number of ether oxygens (including phenoxy) is 3. The highest BCUT2D eigenvalue weighted by Gasteiger charge is 2.16. The predicted octanol–water partition coefficient (Wildman–Crippen LogP) is 4.44. The van der Waals surface area contributed by atoms with E-state index in [0.29, 0.717) is 51.2 Å². The average Bonchev–Trinajstić information content (AvgIpc) is 2.56. The molecule has 0 aromatic heterocycles. The summed E-state index contributed by atoms with van der Waals surface area (Å²) in [4.78, 5) is 12.0. The van der Waals surface area contributed by atoms with Crippen LogP contribution in [0.25, 0.3) is 0 Å². The zero-order valence-electron chi connectivity index (χ0n) is 12.3. The van der Waals surface area contributed by atoms with E-state index in [1.165, 1.54) is 6.07 Å². The van der Waals surface area contributed by atoms with Crippen molar-refractivity contribution >= 4 is 46.4 Å². The molecular formula is C16H12Cl3NO4. The quantitative estimate of drug-likeness (QED) is 0.841. The molecule has 2 aromatic carbocycles. The summed E-state index contributed by atoms with van der Waals surface area (Å²) in [7, 11) is 0. The lowest BCUT2D eigenvalue weighted by molar-refractivity contribution is -0.118. The van der Waals surface area contributed by atoms with Crippen molar-refractivity contribution in [2.75, 3.05) is 25.1 Å². The standard InChI is InChI=1S/C16H12Cl3NO4/c17-10-2-1-9(5-11(10)18)24-8-16(21)20-13-7-15-14(6-12(13)19)22-3-4-23-15/h1-2,5-7H,3-4,8H2,(H,20,21). The van der Waals surface area contributed by atoms with Gasteiger partial charge in [0.2, 0.25) is 0 Å². The van der Waals surface area contributed by atoms with Gasteiger partial charge in [0, 0.05) is 18.2 Å². The van der Waals surface area contributed by atoms with Gasteiger partial charge in [0.1, 0.15) is 19.0 Å². The topological polar surface area (TPSA) is 56.8 Å². The van der Waals surface area contributed by atoms with Crippen LogP contribution in [0.2, 0.25) is 15.1 Å². The van der Waals surface area contributed by atoms with Gasteiger partial charge in [0.15, 0.2) is 18.1 Å². The third-order valence-electron chi connectivity index (χ3n) is 3.17. The number of halogens is 3. The van der Waals surface area contributed by atoms with Crippen LogP contribution in [0.15, 0.2) is 30.3 Å². The van der Waals surface area contributed by atoms with Crippen molar-refractivity contribution < 1.29 is 19.0 Å². The van der Waals surface area contributed by atoms with Crippen LogP contribution in [0.1, 0.15) is 0 Å². The first-order chi connectivity index (χ1) is 11.5. The van der Waals surface area contributed by atoms with E-state index in [0.717, 1.165) is 0 Å². The molecule has 1 amide bonds. The smallest absolute Gasteiger partial charge is 0.262 e. The maximum absolute atomic E-state index is 12.0. The molecule has 1 N–H and O–H groups in total. The van der Waals surface area contributed by atoms with Crippen LogP contribution in [0.5, 0.6) is 17.2 Å². The molecule has 1 heterocycles. The Hall–Kier alpha value is -1.82. The highest BCUT2D eigenvalue weighted by molar-refractivity contribution is 6.42. The zero-order chi connectivity index (χ0) is 17.1. The van der Waals surface area contributed by atoms with E-state index in [-0.39, 0.29) is 12.5 Å². The average molecular weight is 389 g/mol. The summed E-state index contributed by atoms with van der Waals surface area (Å²) < 4.78 is 16.3. The monoisotopic (exact) mass is 387 g/mol. The third kappa shape index (κ3) is 3.98. The molecule has 5 nitrogen and oxygen atoms in total. The molecule has 1 aliphatic rings. The lowest BCUT2D eigenvalue weighted by Crippen LogP contribution is -2.21. The first-order valence-electron chi connectivity index (χ1n) is 7.00. The van der Waals surface area contributed by atoms with Crippen LogP contribution >= 0.6 is 34.8 Å². The Morgan fingerprint density at radius 1 is 1.00 bits per heavy atom. The summed E-state index contributed by atoms with van der Waals surface area (Å²) >= 11 is 17.9. The van der Waals surface area contributed by atoms with Gasteiger partial charge in [0.05, 0.1) is 20.8 Å². The number of nitrogens with one attached hydrogen (secondary N) is 1. The third-order valence-corrected chi connectivity index (χ3v) is 4.22. The lowest BCUT2D eigenvalue weighted by Gasteiger charge is -2.20. The minimum atomic E-state index is -0.375. The highest BCUT2D eigenvalue weighted by Crippen LogP contribution is 2.37. The van der Waals surface area contributed by atoms with Crippen molar-refractivity contribution in [2.24, 2.45) is 0 Å². The van der Waals surface area contributed by atoms with Crippen LogP contribution in [0.3, 0.4) is 0 Å². The number of benzene rings is 2. The normalized spacial score (nSPS) is 12.6. The van der Waals surface area contributed by atoms with Gasteiger partial charge in [-0.25, -0.2) is 0 Å². The first kappa shape index (κ1) is 17.0. The fourth-order valence-electron chi connectivity index (χ4n) is 2.06. The lowest BCUT2D eigenvalue weighted by atomic mass is 10.2. The zero-order valence-corrected chi connectivity index (χ0v) is 14.5. The second-order valence-corrected chi connectivity index (χ2v) is 6.11. The molecule has 2 aromatic rings. The molecule has 8 heteroatoms. The number of hydrogen-bond donors (Lipinski definition) is 1. The van der Waals surface area contributed by atoms with Gasteiger partial charge >= 0.3 is 0 Å².